The van der Waals surface area contributed by atoms with Gasteiger partial charge in [-0.1, -0.05) is 6.42 Å². The van der Waals surface area contributed by atoms with Crippen LogP contribution in [0.25, 0.3) is 0 Å². The molecule has 0 atom stereocenters. The summed E-state index contributed by atoms with van der Waals surface area (Å²) >= 11 is 0. The number of rotatable bonds is 9. The Morgan fingerprint density at radius 3 is 2.62 bits per heavy atom. The summed E-state index contributed by atoms with van der Waals surface area (Å²) in [6.07, 6.45) is 4.05. The van der Waals surface area contributed by atoms with Gasteiger partial charge in [-0.25, -0.2) is 4.99 Å². The molecule has 1 aromatic heterocycles. The standard InChI is InChI=1S/C19H36N6O/c1-5-20-19(21-9-12-24-10-7-6-8-11-24)22-15-18-16(2)23-25(17(18)3)13-14-26-4/h5-15H2,1-4H3,(H2,20,21,22). The predicted molar refractivity (Wildman–Crippen MR) is 107 cm³/mol. The first kappa shape index (κ1) is 20.7. The van der Waals surface area contributed by atoms with E-state index in [9.17, 15) is 0 Å². The van der Waals surface area contributed by atoms with Crippen molar-refractivity contribution in [3.8, 4) is 0 Å². The Morgan fingerprint density at radius 2 is 1.92 bits per heavy atom. The number of aromatic nitrogens is 2. The fourth-order valence-electron chi connectivity index (χ4n) is 3.37. The van der Waals surface area contributed by atoms with E-state index in [2.05, 4.69) is 41.4 Å². The summed E-state index contributed by atoms with van der Waals surface area (Å²) in [5.74, 6) is 0.882. The molecule has 1 aromatic rings. The van der Waals surface area contributed by atoms with Crippen LogP contribution in [0.15, 0.2) is 4.99 Å². The van der Waals surface area contributed by atoms with E-state index < -0.39 is 0 Å². The monoisotopic (exact) mass is 364 g/mol. The van der Waals surface area contributed by atoms with Gasteiger partial charge < -0.3 is 20.3 Å². The van der Waals surface area contributed by atoms with Gasteiger partial charge in [-0.2, -0.15) is 5.10 Å². The maximum Gasteiger partial charge on any atom is 0.191 e. The molecule has 2 heterocycles. The minimum Gasteiger partial charge on any atom is -0.383 e. The summed E-state index contributed by atoms with van der Waals surface area (Å²) in [6.45, 7) is 13.7. The predicted octanol–water partition coefficient (Wildman–Crippen LogP) is 1.69. The minimum atomic E-state index is 0.643. The van der Waals surface area contributed by atoms with E-state index in [0.717, 1.165) is 37.8 Å². The van der Waals surface area contributed by atoms with E-state index in [4.69, 9.17) is 9.73 Å². The Labute approximate surface area is 158 Å². The molecule has 2 N–H and O–H groups in total. The molecule has 0 unspecified atom stereocenters. The number of guanidine groups is 1. The van der Waals surface area contributed by atoms with Gasteiger partial charge >= 0.3 is 0 Å². The largest absolute Gasteiger partial charge is 0.383 e. The molecule has 0 aromatic carbocycles. The average Bonchev–Trinajstić information content (AvgIpc) is 2.92. The second-order valence-electron chi connectivity index (χ2n) is 6.89. The average molecular weight is 365 g/mol. The summed E-state index contributed by atoms with van der Waals surface area (Å²) in [4.78, 5) is 7.31. The van der Waals surface area contributed by atoms with E-state index in [1.807, 2.05) is 4.68 Å². The first-order chi connectivity index (χ1) is 12.7. The van der Waals surface area contributed by atoms with Crippen LogP contribution < -0.4 is 10.6 Å². The highest BCUT2D eigenvalue weighted by atomic mass is 16.5. The van der Waals surface area contributed by atoms with E-state index >= 15 is 0 Å². The molecule has 7 nitrogen and oxygen atoms in total. The maximum absolute atomic E-state index is 5.16. The van der Waals surface area contributed by atoms with Crippen LogP contribution in [-0.4, -0.2) is 67.1 Å². The van der Waals surface area contributed by atoms with Gasteiger partial charge in [-0.15, -0.1) is 0 Å². The lowest BCUT2D eigenvalue weighted by atomic mass is 10.1. The fraction of sp³-hybridized carbons (Fsp3) is 0.789. The molecule has 1 saturated heterocycles. The molecule has 0 saturated carbocycles. The first-order valence-electron chi connectivity index (χ1n) is 9.92. The van der Waals surface area contributed by atoms with Crippen molar-refractivity contribution in [3.05, 3.63) is 17.0 Å². The molecule has 1 aliphatic rings. The summed E-state index contributed by atoms with van der Waals surface area (Å²) in [5, 5.41) is 11.4. The Bertz CT molecular complexity index is 563. The highest BCUT2D eigenvalue weighted by molar-refractivity contribution is 5.79. The van der Waals surface area contributed by atoms with Gasteiger partial charge in [0.15, 0.2) is 5.96 Å². The number of aliphatic imine (C=N–C) groups is 1. The van der Waals surface area contributed by atoms with E-state index in [0.29, 0.717) is 13.2 Å². The van der Waals surface area contributed by atoms with Gasteiger partial charge in [0, 0.05) is 38.0 Å². The van der Waals surface area contributed by atoms with Crippen LogP contribution >= 0.6 is 0 Å². The highest BCUT2D eigenvalue weighted by Crippen LogP contribution is 2.14. The molecule has 1 aliphatic heterocycles. The molecule has 2 rings (SSSR count). The number of nitrogens with one attached hydrogen (secondary N) is 2. The van der Waals surface area contributed by atoms with Crippen molar-refractivity contribution in [2.24, 2.45) is 4.99 Å². The second kappa shape index (κ2) is 11.2. The lowest BCUT2D eigenvalue weighted by molar-refractivity contribution is 0.182. The van der Waals surface area contributed by atoms with Crippen LogP contribution in [-0.2, 0) is 17.8 Å². The van der Waals surface area contributed by atoms with Crippen molar-refractivity contribution in [2.45, 2.75) is 53.1 Å². The minimum absolute atomic E-state index is 0.643. The van der Waals surface area contributed by atoms with E-state index in [1.165, 1.54) is 43.6 Å². The normalized spacial score (nSPS) is 16.1. The van der Waals surface area contributed by atoms with Crippen molar-refractivity contribution in [1.82, 2.24) is 25.3 Å². The van der Waals surface area contributed by atoms with Crippen molar-refractivity contribution in [3.63, 3.8) is 0 Å². The summed E-state index contributed by atoms with van der Waals surface area (Å²) in [7, 11) is 1.72. The molecular weight excluding hydrogens is 328 g/mol. The third-order valence-electron chi connectivity index (χ3n) is 4.95. The molecule has 148 valence electrons. The Kier molecular flexibility index (Phi) is 8.91. The fourth-order valence-corrected chi connectivity index (χ4v) is 3.37. The third kappa shape index (κ3) is 6.29. The topological polar surface area (TPSA) is 66.7 Å². The van der Waals surface area contributed by atoms with E-state index in [1.54, 1.807) is 7.11 Å². The molecule has 0 spiro atoms. The zero-order valence-corrected chi connectivity index (χ0v) is 17.0. The molecule has 0 aliphatic carbocycles. The SMILES string of the molecule is CCNC(=NCc1c(C)nn(CCOC)c1C)NCCN1CCCCC1. The van der Waals surface area contributed by atoms with Crippen molar-refractivity contribution in [2.75, 3.05) is 46.4 Å². The number of hydrogen-bond acceptors (Lipinski definition) is 4. The van der Waals surface area contributed by atoms with Crippen LogP contribution in [0.1, 0.15) is 43.1 Å². The van der Waals surface area contributed by atoms with Gasteiger partial charge in [0.25, 0.3) is 0 Å². The number of nitrogens with zero attached hydrogens (tertiary/aromatic N) is 4. The van der Waals surface area contributed by atoms with Gasteiger partial charge in [0.1, 0.15) is 0 Å². The molecule has 26 heavy (non-hydrogen) atoms. The Balaban J connectivity index is 1.90. The molecule has 7 heteroatoms. The molecular formula is C19H36N6O. The number of methoxy groups -OCH3 is 1. The molecule has 0 bridgehead atoms. The number of hydrogen-bond donors (Lipinski definition) is 2. The van der Waals surface area contributed by atoms with Gasteiger partial charge in [0.05, 0.1) is 25.4 Å². The quantitative estimate of drug-likeness (QED) is 0.516. The summed E-state index contributed by atoms with van der Waals surface area (Å²) < 4.78 is 7.18. The van der Waals surface area contributed by atoms with Crippen LogP contribution in [0.2, 0.25) is 0 Å². The van der Waals surface area contributed by atoms with Gasteiger partial charge in [-0.05, 0) is 46.7 Å². The second-order valence-corrected chi connectivity index (χ2v) is 6.89. The van der Waals surface area contributed by atoms with Gasteiger partial charge in [-0.3, -0.25) is 4.68 Å². The van der Waals surface area contributed by atoms with Crippen LogP contribution in [0, 0.1) is 13.8 Å². The summed E-state index contributed by atoms with van der Waals surface area (Å²) in [6, 6.07) is 0. The zero-order chi connectivity index (χ0) is 18.8. The smallest absolute Gasteiger partial charge is 0.191 e. The molecule has 0 radical (unpaired) electrons. The number of likely N-dealkylation sites (tertiary alicyclic amines) is 1. The van der Waals surface area contributed by atoms with Crippen LogP contribution in [0.5, 0.6) is 0 Å². The molecule has 1 fully saturated rings. The highest BCUT2D eigenvalue weighted by Gasteiger charge is 2.12. The van der Waals surface area contributed by atoms with E-state index in [-0.39, 0.29) is 0 Å². The first-order valence-corrected chi connectivity index (χ1v) is 9.92. The number of ether oxygens (including phenoxy) is 1. The van der Waals surface area contributed by atoms with Crippen LogP contribution in [0.4, 0.5) is 0 Å². The Hall–Kier alpha value is -1.60. The number of piperidine rings is 1. The lowest BCUT2D eigenvalue weighted by Gasteiger charge is -2.26. The zero-order valence-electron chi connectivity index (χ0n) is 17.0. The van der Waals surface area contributed by atoms with Gasteiger partial charge in [0.2, 0.25) is 0 Å². The summed E-state index contributed by atoms with van der Waals surface area (Å²) in [5.41, 5.74) is 3.42. The lowest BCUT2D eigenvalue weighted by Crippen LogP contribution is -2.42. The Morgan fingerprint density at radius 1 is 1.15 bits per heavy atom. The number of aryl methyl sites for hydroxylation is 1. The molecule has 0 amide bonds. The van der Waals surface area contributed by atoms with Crippen molar-refractivity contribution < 1.29 is 4.74 Å². The third-order valence-corrected chi connectivity index (χ3v) is 4.95. The van der Waals surface area contributed by atoms with Crippen molar-refractivity contribution in [1.29, 1.82) is 0 Å². The van der Waals surface area contributed by atoms with Crippen molar-refractivity contribution >= 4 is 5.96 Å². The van der Waals surface area contributed by atoms with Crippen LogP contribution in [0.3, 0.4) is 0 Å². The maximum atomic E-state index is 5.16.